The summed E-state index contributed by atoms with van der Waals surface area (Å²) in [6, 6.07) is -0.205. The molecule has 1 aliphatic rings. The Hall–Kier alpha value is -0.660. The van der Waals surface area contributed by atoms with Gasteiger partial charge in [0, 0.05) is 13.1 Å². The first-order valence-corrected chi connectivity index (χ1v) is 6.66. The van der Waals surface area contributed by atoms with Crippen LogP contribution in [0.1, 0.15) is 33.1 Å². The fraction of sp³-hybridized carbons (Fsp3) is 0.889. The third kappa shape index (κ3) is 2.36. The second-order valence-corrected chi connectivity index (χ2v) is 6.19. The predicted octanol–water partition coefficient (Wildman–Crippen LogP) is 0.168. The molecule has 0 unspecified atom stereocenters. The van der Waals surface area contributed by atoms with Crippen molar-refractivity contribution in [3.05, 3.63) is 0 Å². The molecule has 0 aromatic rings. The number of hydrogen-bond donors (Lipinski definition) is 2. The lowest BCUT2D eigenvalue weighted by atomic mass is 9.78. The highest BCUT2D eigenvalue weighted by atomic mass is 32.2. The molecule has 0 aromatic carbocycles. The molecule has 0 aromatic heterocycles. The van der Waals surface area contributed by atoms with E-state index in [0.717, 1.165) is 10.7 Å². The molecule has 0 spiro atoms. The van der Waals surface area contributed by atoms with E-state index in [-0.39, 0.29) is 6.04 Å². The average molecular weight is 250 g/mol. The number of carbonyl (C=O) groups is 1. The molecule has 7 heteroatoms. The van der Waals surface area contributed by atoms with Crippen LogP contribution in [0.15, 0.2) is 0 Å². The molecule has 16 heavy (non-hydrogen) atoms. The summed E-state index contributed by atoms with van der Waals surface area (Å²) in [5.74, 6) is -1.10. The molecule has 0 atom stereocenters. The number of nitrogens with zero attached hydrogens (tertiary/aromatic N) is 1. The second-order valence-electron chi connectivity index (χ2n) is 4.46. The van der Waals surface area contributed by atoms with E-state index < -0.39 is 21.7 Å². The standard InChI is InChI=1S/C9H18N2O4S/c1-7(2)11(3)16(14,15)10-9(8(12)13)5-4-6-9/h7,10H,4-6H2,1-3H3,(H,12,13). The van der Waals surface area contributed by atoms with Crippen LogP contribution in [0.3, 0.4) is 0 Å². The van der Waals surface area contributed by atoms with Crippen molar-refractivity contribution >= 4 is 16.2 Å². The molecule has 2 N–H and O–H groups in total. The van der Waals surface area contributed by atoms with Gasteiger partial charge in [-0.25, -0.2) is 0 Å². The summed E-state index contributed by atoms with van der Waals surface area (Å²) >= 11 is 0. The lowest BCUT2D eigenvalue weighted by molar-refractivity contribution is -0.147. The van der Waals surface area contributed by atoms with Crippen molar-refractivity contribution in [3.63, 3.8) is 0 Å². The van der Waals surface area contributed by atoms with E-state index >= 15 is 0 Å². The molecule has 0 aliphatic heterocycles. The van der Waals surface area contributed by atoms with Crippen molar-refractivity contribution < 1.29 is 18.3 Å². The van der Waals surface area contributed by atoms with Gasteiger partial charge in [0.1, 0.15) is 5.54 Å². The van der Waals surface area contributed by atoms with Crippen LogP contribution in [0, 0.1) is 0 Å². The molecular weight excluding hydrogens is 232 g/mol. The predicted molar refractivity (Wildman–Crippen MR) is 59.2 cm³/mol. The van der Waals surface area contributed by atoms with Gasteiger partial charge in [-0.1, -0.05) is 0 Å². The largest absolute Gasteiger partial charge is 0.480 e. The second kappa shape index (κ2) is 4.31. The van der Waals surface area contributed by atoms with Crippen molar-refractivity contribution in [1.29, 1.82) is 0 Å². The fourth-order valence-electron chi connectivity index (χ4n) is 1.49. The van der Waals surface area contributed by atoms with Crippen LogP contribution >= 0.6 is 0 Å². The first-order valence-electron chi connectivity index (χ1n) is 5.21. The minimum Gasteiger partial charge on any atom is -0.480 e. The summed E-state index contributed by atoms with van der Waals surface area (Å²) in [6.07, 6.45) is 1.45. The lowest BCUT2D eigenvalue weighted by Crippen LogP contribution is -2.61. The monoisotopic (exact) mass is 250 g/mol. The number of rotatable bonds is 5. The summed E-state index contributed by atoms with van der Waals surface area (Å²) in [5.41, 5.74) is -1.29. The van der Waals surface area contributed by atoms with E-state index in [1.165, 1.54) is 7.05 Å². The van der Waals surface area contributed by atoms with Crippen LogP contribution in [0.25, 0.3) is 0 Å². The van der Waals surface area contributed by atoms with Crippen molar-refractivity contribution in [2.45, 2.75) is 44.7 Å². The quantitative estimate of drug-likeness (QED) is 0.728. The number of carboxylic acid groups (broad SMARTS) is 1. The Morgan fingerprint density at radius 1 is 1.44 bits per heavy atom. The van der Waals surface area contributed by atoms with E-state index in [1.54, 1.807) is 13.8 Å². The van der Waals surface area contributed by atoms with Crippen LogP contribution in [-0.2, 0) is 15.0 Å². The van der Waals surface area contributed by atoms with Gasteiger partial charge in [-0.2, -0.15) is 17.4 Å². The molecule has 0 radical (unpaired) electrons. The van der Waals surface area contributed by atoms with Crippen LogP contribution in [0.4, 0.5) is 0 Å². The summed E-state index contributed by atoms with van der Waals surface area (Å²) in [4.78, 5) is 11.0. The van der Waals surface area contributed by atoms with Gasteiger partial charge in [-0.3, -0.25) is 4.79 Å². The van der Waals surface area contributed by atoms with Crippen LogP contribution in [0.5, 0.6) is 0 Å². The number of hydrogen-bond acceptors (Lipinski definition) is 3. The highest BCUT2D eigenvalue weighted by Crippen LogP contribution is 2.33. The number of aliphatic carboxylic acids is 1. The minimum absolute atomic E-state index is 0.205. The Balaban J connectivity index is 2.84. The Bertz CT molecular complexity index is 373. The van der Waals surface area contributed by atoms with Gasteiger partial charge in [-0.05, 0) is 33.1 Å². The molecule has 0 bridgehead atoms. The van der Waals surface area contributed by atoms with Crippen molar-refractivity contribution in [1.82, 2.24) is 9.03 Å². The maximum atomic E-state index is 11.8. The molecule has 1 fully saturated rings. The lowest BCUT2D eigenvalue weighted by Gasteiger charge is -2.39. The minimum atomic E-state index is -3.72. The maximum Gasteiger partial charge on any atom is 0.324 e. The van der Waals surface area contributed by atoms with Gasteiger partial charge < -0.3 is 5.11 Å². The SMILES string of the molecule is CC(C)N(C)S(=O)(=O)NC1(C(=O)O)CCC1. The van der Waals surface area contributed by atoms with Crippen LogP contribution in [0.2, 0.25) is 0 Å². The van der Waals surface area contributed by atoms with Gasteiger partial charge in [-0.15, -0.1) is 0 Å². The van der Waals surface area contributed by atoms with Gasteiger partial charge in [0.05, 0.1) is 0 Å². The highest BCUT2D eigenvalue weighted by molar-refractivity contribution is 7.87. The maximum absolute atomic E-state index is 11.8. The summed E-state index contributed by atoms with van der Waals surface area (Å²) in [5, 5.41) is 9.02. The Labute approximate surface area is 95.8 Å². The van der Waals surface area contributed by atoms with Gasteiger partial charge in [0.25, 0.3) is 10.2 Å². The third-order valence-electron chi connectivity index (χ3n) is 3.05. The zero-order valence-electron chi connectivity index (χ0n) is 9.73. The first-order chi connectivity index (χ1) is 7.21. The molecule has 0 saturated heterocycles. The van der Waals surface area contributed by atoms with Gasteiger partial charge >= 0.3 is 5.97 Å². The molecule has 1 saturated carbocycles. The van der Waals surface area contributed by atoms with Crippen LogP contribution in [-0.4, -0.2) is 42.4 Å². The molecule has 0 heterocycles. The molecule has 1 aliphatic carbocycles. The topological polar surface area (TPSA) is 86.7 Å². The van der Waals surface area contributed by atoms with E-state index in [1.807, 2.05) is 0 Å². The Morgan fingerprint density at radius 2 is 1.94 bits per heavy atom. The third-order valence-corrected chi connectivity index (χ3v) is 4.88. The Morgan fingerprint density at radius 3 is 2.19 bits per heavy atom. The van der Waals surface area contributed by atoms with Crippen molar-refractivity contribution in [2.24, 2.45) is 0 Å². The van der Waals surface area contributed by atoms with E-state index in [9.17, 15) is 13.2 Å². The van der Waals surface area contributed by atoms with Gasteiger partial charge in [0.2, 0.25) is 0 Å². The zero-order valence-corrected chi connectivity index (χ0v) is 10.5. The van der Waals surface area contributed by atoms with E-state index in [4.69, 9.17) is 5.11 Å². The molecule has 94 valence electrons. The Kier molecular flexibility index (Phi) is 3.61. The molecule has 6 nitrogen and oxygen atoms in total. The number of nitrogens with one attached hydrogen (secondary N) is 1. The van der Waals surface area contributed by atoms with E-state index in [0.29, 0.717) is 12.8 Å². The average Bonchev–Trinajstić information content (AvgIpc) is 2.09. The van der Waals surface area contributed by atoms with Crippen LogP contribution < -0.4 is 4.72 Å². The number of carboxylic acids is 1. The van der Waals surface area contributed by atoms with Gasteiger partial charge in [0.15, 0.2) is 0 Å². The van der Waals surface area contributed by atoms with Crippen molar-refractivity contribution in [3.8, 4) is 0 Å². The fourth-order valence-corrected chi connectivity index (χ4v) is 2.97. The smallest absolute Gasteiger partial charge is 0.324 e. The molecule has 1 rings (SSSR count). The van der Waals surface area contributed by atoms with E-state index in [2.05, 4.69) is 4.72 Å². The summed E-state index contributed by atoms with van der Waals surface area (Å²) in [7, 11) is -2.29. The van der Waals surface area contributed by atoms with Crippen molar-refractivity contribution in [2.75, 3.05) is 7.05 Å². The summed E-state index contributed by atoms with van der Waals surface area (Å²) in [6.45, 7) is 3.46. The molecule has 0 amide bonds. The zero-order chi connectivity index (χ0) is 12.6. The first kappa shape index (κ1) is 13.4. The molecular formula is C9H18N2O4S. The normalized spacial score (nSPS) is 19.8. The highest BCUT2D eigenvalue weighted by Gasteiger charge is 2.48. The summed E-state index contributed by atoms with van der Waals surface area (Å²) < 4.78 is 27.1.